The lowest BCUT2D eigenvalue weighted by molar-refractivity contribution is -0.162. The molecule has 0 radical (unpaired) electrons. The second-order valence-electron chi connectivity index (χ2n) is 11.0. The molecule has 1 amide bonds. The molecule has 1 fully saturated rings. The third kappa shape index (κ3) is 8.82. The molecule has 35 heavy (non-hydrogen) atoms. The molecule has 12 heteroatoms. The van der Waals surface area contributed by atoms with Crippen LogP contribution in [-0.2, 0) is 27.2 Å². The molecule has 0 unspecified atom stereocenters. The lowest BCUT2D eigenvalue weighted by Gasteiger charge is -2.41. The minimum absolute atomic E-state index is 0.109. The summed E-state index contributed by atoms with van der Waals surface area (Å²) in [5, 5.41) is 0. The van der Waals surface area contributed by atoms with Crippen molar-refractivity contribution < 1.29 is 38.5 Å². The van der Waals surface area contributed by atoms with E-state index in [1.165, 1.54) is 11.0 Å². The van der Waals surface area contributed by atoms with E-state index < -0.39 is 50.2 Å². The van der Waals surface area contributed by atoms with E-state index in [2.05, 4.69) is 0 Å². The number of amides is 1. The molecule has 1 aromatic carbocycles. The lowest BCUT2D eigenvalue weighted by atomic mass is 9.85. The fraction of sp³-hybridized carbons (Fsp3) is 0.652. The average molecular weight is 531 g/mol. The van der Waals surface area contributed by atoms with Crippen molar-refractivity contribution in [2.45, 2.75) is 77.0 Å². The largest absolute Gasteiger partial charge is 0.460 e. The zero-order chi connectivity index (χ0) is 27.1. The van der Waals surface area contributed by atoms with E-state index in [1.807, 2.05) is 0 Å². The van der Waals surface area contributed by atoms with Crippen LogP contribution in [-0.4, -0.2) is 41.3 Å². The van der Waals surface area contributed by atoms with Crippen molar-refractivity contribution in [3.8, 4) is 0 Å². The van der Waals surface area contributed by atoms with Crippen LogP contribution in [0.3, 0.4) is 0 Å². The molecule has 0 aliphatic carbocycles. The maximum Gasteiger partial charge on any atom is 0.410 e. The Hall–Kier alpha value is -2.08. The fourth-order valence-electron chi connectivity index (χ4n) is 3.87. The predicted molar refractivity (Wildman–Crippen MR) is 125 cm³/mol. The van der Waals surface area contributed by atoms with Crippen molar-refractivity contribution >= 4 is 22.3 Å². The number of benzene rings is 1. The molecule has 0 bridgehead atoms. The summed E-state index contributed by atoms with van der Waals surface area (Å²) in [5.41, 5.74) is 3.61. The van der Waals surface area contributed by atoms with E-state index in [4.69, 9.17) is 15.2 Å². The maximum atomic E-state index is 13.5. The number of hydrogen-bond acceptors (Lipinski definition) is 5. The Morgan fingerprint density at radius 1 is 1.00 bits per heavy atom. The number of nitrogens with zero attached hydrogens (tertiary/aromatic N) is 1. The van der Waals surface area contributed by atoms with Gasteiger partial charge in [-0.1, -0.05) is 25.5 Å². The molecule has 1 aliphatic heterocycles. The number of rotatable bonds is 6. The molecule has 0 aromatic heterocycles. The van der Waals surface area contributed by atoms with Crippen LogP contribution in [0.4, 0.5) is 24.2 Å². The smallest absolute Gasteiger partial charge is 0.410 e. The van der Waals surface area contributed by atoms with Crippen LogP contribution in [0.2, 0.25) is 0 Å². The number of carbonyl (C=O) groups excluding carboxylic acids is 2. The van der Waals surface area contributed by atoms with Gasteiger partial charge in [-0.15, -0.1) is 0 Å². The van der Waals surface area contributed by atoms with Crippen LogP contribution in [0.1, 0.15) is 59.1 Å². The number of likely N-dealkylation sites (tertiary alicyclic amines) is 1. The molecule has 0 spiro atoms. The number of nitrogens with two attached hydrogens (primary N) is 1. The van der Waals surface area contributed by atoms with Gasteiger partial charge >= 0.3 is 22.3 Å². The number of hydrogen-bond donors (Lipinski definition) is 1. The van der Waals surface area contributed by atoms with Crippen LogP contribution >= 0.6 is 10.2 Å². The Morgan fingerprint density at radius 3 is 2.03 bits per heavy atom. The highest BCUT2D eigenvalue weighted by molar-refractivity contribution is 8.45. The Kier molecular flexibility index (Phi) is 7.32. The first-order valence-corrected chi connectivity index (χ1v) is 13.2. The standard InChI is InChI=1S/C23H35F5N2O4S/c1-22(2,3)33-20(31)19(17-7-8-30(14-17)21(32)34-23(4,5)6)12-15-9-16(13-29)11-18(10-15)35(24,25,26,27)28/h9-11,17,19H,7-8,12-14,29H2,1-6H3/t17-,19-/m0/s1. The van der Waals surface area contributed by atoms with Gasteiger partial charge in [0.15, 0.2) is 0 Å². The second-order valence-corrected chi connectivity index (χ2v) is 13.4. The molecule has 6 nitrogen and oxygen atoms in total. The summed E-state index contributed by atoms with van der Waals surface area (Å²) < 4.78 is 78.6. The van der Waals surface area contributed by atoms with Crippen molar-refractivity contribution in [2.24, 2.45) is 17.6 Å². The quantitative estimate of drug-likeness (QED) is 0.333. The number of halogens is 5. The molecule has 2 N–H and O–H groups in total. The monoisotopic (exact) mass is 530 g/mol. The van der Waals surface area contributed by atoms with E-state index in [9.17, 15) is 29.0 Å². The van der Waals surface area contributed by atoms with Crippen LogP contribution in [0.15, 0.2) is 23.1 Å². The highest BCUT2D eigenvalue weighted by Gasteiger charge is 2.65. The van der Waals surface area contributed by atoms with E-state index >= 15 is 0 Å². The van der Waals surface area contributed by atoms with Gasteiger partial charge in [0.25, 0.3) is 0 Å². The number of carbonyl (C=O) groups is 2. The van der Waals surface area contributed by atoms with Gasteiger partial charge in [0.2, 0.25) is 0 Å². The summed E-state index contributed by atoms with van der Waals surface area (Å²) in [5.74, 6) is -2.12. The average Bonchev–Trinajstić information content (AvgIpc) is 3.11. The molecular formula is C23H35F5N2O4S. The van der Waals surface area contributed by atoms with Gasteiger partial charge in [-0.25, -0.2) is 4.79 Å². The van der Waals surface area contributed by atoms with Crippen molar-refractivity contribution in [1.82, 2.24) is 4.90 Å². The summed E-state index contributed by atoms with van der Waals surface area (Å²) in [4.78, 5) is 24.9. The van der Waals surface area contributed by atoms with Crippen molar-refractivity contribution in [3.05, 3.63) is 29.3 Å². The van der Waals surface area contributed by atoms with Crippen molar-refractivity contribution in [1.29, 1.82) is 0 Å². The SMILES string of the molecule is CC(C)(C)OC(=O)[C@@H](Cc1cc(CN)cc(S(F)(F)(F)(F)F)c1)[C@H]1CCN(C(=O)OC(C)(C)C)C1. The summed E-state index contributed by atoms with van der Waals surface area (Å²) in [6.07, 6.45) is -0.485. The van der Waals surface area contributed by atoms with Gasteiger partial charge in [-0.05, 0) is 83.6 Å². The van der Waals surface area contributed by atoms with Gasteiger partial charge < -0.3 is 20.1 Å². The number of ether oxygens (including phenoxy) is 2. The molecule has 1 aliphatic rings. The topological polar surface area (TPSA) is 81.9 Å². The number of esters is 1. The van der Waals surface area contributed by atoms with Gasteiger partial charge in [-0.2, -0.15) is 0 Å². The van der Waals surface area contributed by atoms with Crippen LogP contribution in [0, 0.1) is 11.8 Å². The van der Waals surface area contributed by atoms with Gasteiger partial charge in [0, 0.05) is 19.6 Å². The predicted octanol–water partition coefficient (Wildman–Crippen LogP) is 6.56. The molecule has 1 aromatic rings. The van der Waals surface area contributed by atoms with E-state index in [-0.39, 0.29) is 37.2 Å². The first kappa shape index (κ1) is 29.2. The molecule has 2 atom stereocenters. The molecule has 202 valence electrons. The Balaban J connectivity index is 2.40. The zero-order valence-electron chi connectivity index (χ0n) is 20.9. The van der Waals surface area contributed by atoms with Crippen LogP contribution in [0.25, 0.3) is 0 Å². The van der Waals surface area contributed by atoms with Crippen LogP contribution in [0.5, 0.6) is 0 Å². The highest BCUT2D eigenvalue weighted by Crippen LogP contribution is 3.02. The zero-order valence-corrected chi connectivity index (χ0v) is 21.7. The lowest BCUT2D eigenvalue weighted by Crippen LogP contribution is -2.38. The van der Waals surface area contributed by atoms with Crippen molar-refractivity contribution in [2.75, 3.05) is 13.1 Å². The maximum absolute atomic E-state index is 13.5. The summed E-state index contributed by atoms with van der Waals surface area (Å²) in [7, 11) is -9.97. The minimum Gasteiger partial charge on any atom is -0.460 e. The minimum atomic E-state index is -9.97. The van der Waals surface area contributed by atoms with Gasteiger partial charge in [0.1, 0.15) is 16.1 Å². The molecule has 0 saturated carbocycles. The molecule has 1 saturated heterocycles. The summed E-state index contributed by atoms with van der Waals surface area (Å²) in [6.45, 7) is 10.1. The summed E-state index contributed by atoms with van der Waals surface area (Å²) >= 11 is 0. The Morgan fingerprint density at radius 2 is 1.54 bits per heavy atom. The van der Waals surface area contributed by atoms with E-state index in [0.29, 0.717) is 18.6 Å². The highest BCUT2D eigenvalue weighted by atomic mass is 32.5. The van der Waals surface area contributed by atoms with E-state index in [1.54, 1.807) is 41.5 Å². The van der Waals surface area contributed by atoms with Gasteiger partial charge in [-0.3, -0.25) is 4.79 Å². The van der Waals surface area contributed by atoms with Crippen LogP contribution < -0.4 is 5.73 Å². The fourth-order valence-corrected chi connectivity index (χ4v) is 4.62. The normalized spacial score (nSPS) is 20.1. The molecule has 1 heterocycles. The Bertz CT molecular complexity index is 972. The first-order valence-electron chi connectivity index (χ1n) is 11.3. The molecule has 2 rings (SSSR count). The Labute approximate surface area is 203 Å². The first-order chi connectivity index (χ1) is 15.5. The third-order valence-corrected chi connectivity index (χ3v) is 6.44. The summed E-state index contributed by atoms with van der Waals surface area (Å²) in [6, 6.07) is 2.00. The van der Waals surface area contributed by atoms with E-state index in [0.717, 1.165) is 0 Å². The van der Waals surface area contributed by atoms with Gasteiger partial charge in [0.05, 0.1) is 5.92 Å². The third-order valence-electron chi connectivity index (χ3n) is 5.32. The second kappa shape index (κ2) is 8.79. The van der Waals surface area contributed by atoms with Crippen molar-refractivity contribution in [3.63, 3.8) is 0 Å². The molecular weight excluding hydrogens is 495 g/mol.